The molecule has 20 heavy (non-hydrogen) atoms. The zero-order chi connectivity index (χ0) is 13.9. The van der Waals surface area contributed by atoms with Crippen molar-refractivity contribution in [3.63, 3.8) is 0 Å². The molecule has 0 aliphatic heterocycles. The molecule has 0 radical (unpaired) electrons. The molecule has 2 aromatic heterocycles. The highest BCUT2D eigenvalue weighted by atomic mass is 16.5. The molecule has 5 heteroatoms. The highest BCUT2D eigenvalue weighted by Gasteiger charge is 2.25. The quantitative estimate of drug-likeness (QED) is 0.932. The summed E-state index contributed by atoms with van der Waals surface area (Å²) in [7, 11) is 0. The van der Waals surface area contributed by atoms with E-state index in [9.17, 15) is 4.79 Å². The second-order valence-electron chi connectivity index (χ2n) is 5.25. The van der Waals surface area contributed by atoms with Crippen LogP contribution in [0.2, 0.25) is 0 Å². The van der Waals surface area contributed by atoms with Gasteiger partial charge in [-0.3, -0.25) is 4.79 Å². The minimum Gasteiger partial charge on any atom is -0.463 e. The Morgan fingerprint density at radius 3 is 2.85 bits per heavy atom. The van der Waals surface area contributed by atoms with Gasteiger partial charge in [-0.2, -0.15) is 0 Å². The molecule has 0 spiro atoms. The van der Waals surface area contributed by atoms with Gasteiger partial charge in [-0.15, -0.1) is 0 Å². The molecule has 0 bridgehead atoms. The number of hydrogen-bond acceptors (Lipinski definition) is 4. The standard InChI is InChI=1S/C15H18N2O3/c1-10-13(14(17-20-10)12-8-5-9-19-12)15(18)16-11-6-3-2-4-7-11/h5,8-9,11H,2-4,6-7H2,1H3,(H,16,18). The lowest BCUT2D eigenvalue weighted by atomic mass is 9.95. The van der Waals surface area contributed by atoms with Crippen molar-refractivity contribution < 1.29 is 13.7 Å². The molecule has 2 heterocycles. The first-order chi connectivity index (χ1) is 9.75. The van der Waals surface area contributed by atoms with Gasteiger partial charge in [0, 0.05) is 6.04 Å². The normalized spacial score (nSPS) is 16.2. The Morgan fingerprint density at radius 2 is 2.15 bits per heavy atom. The van der Waals surface area contributed by atoms with Gasteiger partial charge in [-0.1, -0.05) is 24.4 Å². The lowest BCUT2D eigenvalue weighted by molar-refractivity contribution is 0.0926. The number of amides is 1. The molecule has 5 nitrogen and oxygen atoms in total. The molecule has 1 aliphatic rings. The Morgan fingerprint density at radius 1 is 1.35 bits per heavy atom. The van der Waals surface area contributed by atoms with Gasteiger partial charge in [0.25, 0.3) is 5.91 Å². The molecule has 2 aromatic rings. The fraction of sp³-hybridized carbons (Fsp3) is 0.467. The van der Waals surface area contributed by atoms with E-state index < -0.39 is 0 Å². The monoisotopic (exact) mass is 274 g/mol. The zero-order valence-corrected chi connectivity index (χ0v) is 11.5. The number of carbonyl (C=O) groups excluding carboxylic acids is 1. The van der Waals surface area contributed by atoms with Crippen molar-refractivity contribution in [2.45, 2.75) is 45.1 Å². The number of hydrogen-bond donors (Lipinski definition) is 1. The number of aryl methyl sites for hydroxylation is 1. The molecule has 0 atom stereocenters. The molecule has 1 amide bonds. The van der Waals surface area contributed by atoms with E-state index in [1.54, 1.807) is 25.3 Å². The lowest BCUT2D eigenvalue weighted by Crippen LogP contribution is -2.36. The van der Waals surface area contributed by atoms with Crippen molar-refractivity contribution in [3.8, 4) is 11.5 Å². The van der Waals surface area contributed by atoms with Crippen LogP contribution < -0.4 is 5.32 Å². The third kappa shape index (κ3) is 2.48. The van der Waals surface area contributed by atoms with Crippen LogP contribution in [-0.2, 0) is 0 Å². The fourth-order valence-electron chi connectivity index (χ4n) is 2.73. The Labute approximate surface area is 117 Å². The maximum Gasteiger partial charge on any atom is 0.257 e. The second kappa shape index (κ2) is 5.53. The largest absolute Gasteiger partial charge is 0.463 e. The van der Waals surface area contributed by atoms with Gasteiger partial charge in [-0.05, 0) is 31.9 Å². The first-order valence-electron chi connectivity index (χ1n) is 7.06. The number of nitrogens with zero attached hydrogens (tertiary/aromatic N) is 1. The highest BCUT2D eigenvalue weighted by Crippen LogP contribution is 2.26. The first kappa shape index (κ1) is 13.0. The number of aromatic nitrogens is 1. The molecule has 1 fully saturated rings. The Bertz CT molecular complexity index is 580. The molecule has 1 saturated carbocycles. The van der Waals surface area contributed by atoms with Crippen molar-refractivity contribution in [1.82, 2.24) is 10.5 Å². The van der Waals surface area contributed by atoms with Crippen molar-refractivity contribution in [2.75, 3.05) is 0 Å². The van der Waals surface area contributed by atoms with E-state index in [4.69, 9.17) is 8.94 Å². The van der Waals surface area contributed by atoms with Crippen LogP contribution in [0.3, 0.4) is 0 Å². The number of carbonyl (C=O) groups is 1. The van der Waals surface area contributed by atoms with Gasteiger partial charge in [-0.25, -0.2) is 0 Å². The molecular weight excluding hydrogens is 256 g/mol. The number of nitrogens with one attached hydrogen (secondary N) is 1. The van der Waals surface area contributed by atoms with E-state index in [0.717, 1.165) is 12.8 Å². The molecule has 1 aliphatic carbocycles. The van der Waals surface area contributed by atoms with Gasteiger partial charge in [0.2, 0.25) is 0 Å². The summed E-state index contributed by atoms with van der Waals surface area (Å²) in [5.74, 6) is 0.947. The number of rotatable bonds is 3. The van der Waals surface area contributed by atoms with Crippen LogP contribution in [0.5, 0.6) is 0 Å². The van der Waals surface area contributed by atoms with Crippen LogP contribution in [0.15, 0.2) is 27.3 Å². The van der Waals surface area contributed by atoms with Gasteiger partial charge < -0.3 is 14.3 Å². The van der Waals surface area contributed by atoms with E-state index in [2.05, 4.69) is 10.5 Å². The van der Waals surface area contributed by atoms with E-state index >= 15 is 0 Å². The van der Waals surface area contributed by atoms with E-state index in [1.807, 2.05) is 0 Å². The van der Waals surface area contributed by atoms with Gasteiger partial charge in [0.05, 0.1) is 6.26 Å². The fourth-order valence-corrected chi connectivity index (χ4v) is 2.73. The number of furan rings is 1. The van der Waals surface area contributed by atoms with Crippen LogP contribution in [-0.4, -0.2) is 17.1 Å². The third-order valence-corrected chi connectivity index (χ3v) is 3.78. The van der Waals surface area contributed by atoms with Crippen LogP contribution in [0.4, 0.5) is 0 Å². The van der Waals surface area contributed by atoms with E-state index in [0.29, 0.717) is 22.8 Å². The van der Waals surface area contributed by atoms with Gasteiger partial charge >= 0.3 is 0 Å². The minimum atomic E-state index is -0.123. The summed E-state index contributed by atoms with van der Waals surface area (Å²) in [4.78, 5) is 12.5. The van der Waals surface area contributed by atoms with Crippen LogP contribution >= 0.6 is 0 Å². The van der Waals surface area contributed by atoms with Crippen LogP contribution in [0.25, 0.3) is 11.5 Å². The summed E-state index contributed by atoms with van der Waals surface area (Å²) in [6.45, 7) is 1.75. The Balaban J connectivity index is 1.82. The Kier molecular flexibility index (Phi) is 3.58. The summed E-state index contributed by atoms with van der Waals surface area (Å²) in [6.07, 6.45) is 7.27. The zero-order valence-electron chi connectivity index (χ0n) is 11.5. The molecule has 3 rings (SSSR count). The molecular formula is C15H18N2O3. The molecule has 0 unspecified atom stereocenters. The average molecular weight is 274 g/mol. The topological polar surface area (TPSA) is 68.3 Å². The summed E-state index contributed by atoms with van der Waals surface area (Å²) >= 11 is 0. The summed E-state index contributed by atoms with van der Waals surface area (Å²) in [5, 5.41) is 7.03. The first-order valence-corrected chi connectivity index (χ1v) is 7.06. The SMILES string of the molecule is Cc1onc(-c2ccco2)c1C(=O)NC1CCCCC1. The second-order valence-corrected chi connectivity index (χ2v) is 5.25. The van der Waals surface area contributed by atoms with Crippen molar-refractivity contribution in [3.05, 3.63) is 29.7 Å². The molecule has 0 saturated heterocycles. The van der Waals surface area contributed by atoms with Gasteiger partial charge in [0.1, 0.15) is 11.3 Å². The smallest absolute Gasteiger partial charge is 0.257 e. The van der Waals surface area contributed by atoms with Crippen molar-refractivity contribution in [1.29, 1.82) is 0 Å². The molecule has 1 N–H and O–H groups in total. The Hall–Kier alpha value is -2.04. The summed E-state index contributed by atoms with van der Waals surface area (Å²) in [5.41, 5.74) is 0.950. The maximum atomic E-state index is 12.5. The summed E-state index contributed by atoms with van der Waals surface area (Å²) < 4.78 is 10.5. The average Bonchev–Trinajstić information content (AvgIpc) is 3.08. The highest BCUT2D eigenvalue weighted by molar-refractivity contribution is 6.00. The minimum absolute atomic E-state index is 0.123. The van der Waals surface area contributed by atoms with E-state index in [1.165, 1.54) is 19.3 Å². The predicted octanol–water partition coefficient (Wildman–Crippen LogP) is 3.31. The van der Waals surface area contributed by atoms with Crippen molar-refractivity contribution in [2.24, 2.45) is 0 Å². The third-order valence-electron chi connectivity index (χ3n) is 3.78. The lowest BCUT2D eigenvalue weighted by Gasteiger charge is -2.22. The molecule has 106 valence electrons. The van der Waals surface area contributed by atoms with E-state index in [-0.39, 0.29) is 11.9 Å². The predicted molar refractivity (Wildman–Crippen MR) is 73.3 cm³/mol. The summed E-state index contributed by atoms with van der Waals surface area (Å²) in [6, 6.07) is 3.80. The van der Waals surface area contributed by atoms with Crippen LogP contribution in [0, 0.1) is 6.92 Å². The molecule has 0 aromatic carbocycles. The van der Waals surface area contributed by atoms with Gasteiger partial charge in [0.15, 0.2) is 11.5 Å². The van der Waals surface area contributed by atoms with Crippen LogP contribution in [0.1, 0.15) is 48.2 Å². The van der Waals surface area contributed by atoms with Crippen molar-refractivity contribution >= 4 is 5.91 Å². The maximum absolute atomic E-state index is 12.5.